The van der Waals surface area contributed by atoms with E-state index in [1.54, 1.807) is 12.1 Å². The molecule has 286 valence electrons. The van der Waals surface area contributed by atoms with Crippen molar-refractivity contribution in [2.45, 2.75) is 79.1 Å². The minimum atomic E-state index is -0.422. The molecular formula is C46H51N3O6. The summed E-state index contributed by atoms with van der Waals surface area (Å²) in [5.74, 6) is 3.44. The van der Waals surface area contributed by atoms with Crippen molar-refractivity contribution in [1.82, 2.24) is 0 Å². The van der Waals surface area contributed by atoms with Crippen LogP contribution in [0.4, 0.5) is 17.1 Å². The van der Waals surface area contributed by atoms with Crippen LogP contribution < -0.4 is 18.9 Å². The van der Waals surface area contributed by atoms with Gasteiger partial charge in [0.15, 0.2) is 0 Å². The number of azo groups is 1. The highest BCUT2D eigenvalue weighted by molar-refractivity contribution is 5.62. The maximum Gasteiger partial charge on any atom is 0.269 e. The number of benzene rings is 5. The summed E-state index contributed by atoms with van der Waals surface area (Å²) in [5, 5.41) is 20.6. The molecule has 9 nitrogen and oxygen atoms in total. The Morgan fingerprint density at radius 2 is 0.873 bits per heavy atom. The fourth-order valence-corrected chi connectivity index (χ4v) is 6.93. The van der Waals surface area contributed by atoms with Gasteiger partial charge in [-0.2, -0.15) is 10.2 Å². The third-order valence-electron chi connectivity index (χ3n) is 9.50. The highest BCUT2D eigenvalue weighted by atomic mass is 16.6. The van der Waals surface area contributed by atoms with Gasteiger partial charge >= 0.3 is 0 Å². The molecule has 0 fully saturated rings. The number of nitro benzene ring substituents is 1. The fraction of sp³-hybridized carbons (Fsp3) is 0.348. The van der Waals surface area contributed by atoms with E-state index in [1.807, 2.05) is 6.07 Å². The van der Waals surface area contributed by atoms with E-state index >= 15 is 0 Å². The second-order valence-electron chi connectivity index (χ2n) is 13.8. The lowest BCUT2D eigenvalue weighted by Gasteiger charge is -2.23. The quantitative estimate of drug-likeness (QED) is 0.0589. The normalized spacial score (nSPS) is 12.4. The van der Waals surface area contributed by atoms with Gasteiger partial charge in [-0.25, -0.2) is 0 Å². The van der Waals surface area contributed by atoms with Crippen molar-refractivity contribution < 1.29 is 23.9 Å². The van der Waals surface area contributed by atoms with Crippen molar-refractivity contribution in [3.8, 4) is 23.0 Å². The molecule has 0 saturated heterocycles. The SMILES string of the molecule is CCCOc1c2cccc1Cc1cccc(c1OCCC)Cc1c(N=Nc3ccc([N+](=O)[O-])cc3)ccc(c1OCCC)Cc1cccc(c1OCCC)C2. The molecule has 8 bridgehead atoms. The smallest absolute Gasteiger partial charge is 0.269 e. The van der Waals surface area contributed by atoms with Gasteiger partial charge in [-0.05, 0) is 82.8 Å². The molecule has 55 heavy (non-hydrogen) atoms. The summed E-state index contributed by atoms with van der Waals surface area (Å²) in [4.78, 5) is 10.9. The Hall–Kier alpha value is -5.70. The van der Waals surface area contributed by atoms with Crippen LogP contribution in [0, 0.1) is 10.1 Å². The maximum atomic E-state index is 11.3. The van der Waals surface area contributed by atoms with Crippen LogP contribution in [-0.2, 0) is 25.7 Å². The maximum absolute atomic E-state index is 11.3. The molecular weight excluding hydrogens is 691 g/mol. The molecule has 1 aliphatic rings. The highest BCUT2D eigenvalue weighted by Crippen LogP contribution is 2.42. The summed E-state index contributed by atoms with van der Waals surface area (Å²) in [6.07, 6.45) is 5.83. The summed E-state index contributed by atoms with van der Waals surface area (Å²) in [7, 11) is 0. The first kappa shape index (κ1) is 39.0. The van der Waals surface area contributed by atoms with Crippen molar-refractivity contribution in [3.05, 3.63) is 146 Å². The lowest BCUT2D eigenvalue weighted by molar-refractivity contribution is -0.384. The van der Waals surface area contributed by atoms with E-state index in [-0.39, 0.29) is 5.69 Å². The average molecular weight is 742 g/mol. The Balaban J connectivity index is 1.59. The molecule has 5 aromatic carbocycles. The van der Waals surface area contributed by atoms with Crippen LogP contribution in [0.15, 0.2) is 101 Å². The van der Waals surface area contributed by atoms with Crippen LogP contribution >= 0.6 is 0 Å². The van der Waals surface area contributed by atoms with Gasteiger partial charge in [-0.3, -0.25) is 10.1 Å². The topological polar surface area (TPSA) is 105 Å². The summed E-state index contributed by atoms with van der Waals surface area (Å²) >= 11 is 0. The first-order valence-electron chi connectivity index (χ1n) is 19.6. The van der Waals surface area contributed by atoms with E-state index in [0.29, 0.717) is 63.5 Å². The highest BCUT2D eigenvalue weighted by Gasteiger charge is 2.23. The molecule has 5 aromatic rings. The number of non-ortho nitro benzene ring substituents is 1. The van der Waals surface area contributed by atoms with E-state index in [9.17, 15) is 10.1 Å². The molecule has 0 aromatic heterocycles. The molecule has 0 spiro atoms. The minimum Gasteiger partial charge on any atom is -0.493 e. The van der Waals surface area contributed by atoms with Crippen molar-refractivity contribution in [2.24, 2.45) is 10.2 Å². The minimum absolute atomic E-state index is 0.000485. The third kappa shape index (κ3) is 9.52. The van der Waals surface area contributed by atoms with Crippen LogP contribution in [0.25, 0.3) is 0 Å². The summed E-state index contributed by atoms with van der Waals surface area (Å²) < 4.78 is 26.5. The molecule has 0 heterocycles. The molecule has 0 N–H and O–H groups in total. The molecule has 0 aliphatic heterocycles. The average Bonchev–Trinajstić information content (AvgIpc) is 3.19. The number of para-hydroxylation sites is 3. The number of rotatable bonds is 15. The van der Waals surface area contributed by atoms with Crippen LogP contribution in [0.2, 0.25) is 0 Å². The first-order chi connectivity index (χ1) is 26.9. The molecule has 0 atom stereocenters. The van der Waals surface area contributed by atoms with Gasteiger partial charge < -0.3 is 18.9 Å². The molecule has 0 unspecified atom stereocenters. The standard InChI is InChI=1S/C46H51N3O6/c1-5-24-52-43-32-12-9-13-34(43)29-35-16-11-17-37(45(35)54-26-7-3)31-41-42(48-47-39-19-21-40(22-20-39)49(50)51)23-18-38(46(41)55-27-8-4)30-36-15-10-14-33(28-32)44(36)53-25-6-2/h9-23H,5-8,24-31H2,1-4H3. The van der Waals surface area contributed by atoms with E-state index in [2.05, 4.69) is 93.5 Å². The van der Waals surface area contributed by atoms with E-state index in [1.165, 1.54) is 12.1 Å². The summed E-state index contributed by atoms with van der Waals surface area (Å²) in [6, 6.07) is 29.4. The lowest BCUT2D eigenvalue weighted by Crippen LogP contribution is -2.10. The summed E-state index contributed by atoms with van der Waals surface area (Å²) in [5.41, 5.74) is 9.58. The largest absolute Gasteiger partial charge is 0.493 e. The summed E-state index contributed by atoms with van der Waals surface area (Å²) in [6.45, 7) is 10.8. The number of ether oxygens (including phenoxy) is 4. The van der Waals surface area contributed by atoms with Crippen molar-refractivity contribution in [1.29, 1.82) is 0 Å². The third-order valence-corrected chi connectivity index (χ3v) is 9.50. The van der Waals surface area contributed by atoms with Gasteiger partial charge in [0.2, 0.25) is 0 Å². The molecule has 0 saturated carbocycles. The zero-order valence-corrected chi connectivity index (χ0v) is 32.4. The van der Waals surface area contributed by atoms with E-state index < -0.39 is 4.92 Å². The van der Waals surface area contributed by atoms with Gasteiger partial charge in [-0.1, -0.05) is 88.4 Å². The Kier molecular flexibility index (Phi) is 13.5. The van der Waals surface area contributed by atoms with Gasteiger partial charge in [0.1, 0.15) is 23.0 Å². The molecule has 0 amide bonds. The van der Waals surface area contributed by atoms with Crippen LogP contribution in [0.1, 0.15) is 97.9 Å². The van der Waals surface area contributed by atoms with Crippen LogP contribution in [0.5, 0.6) is 23.0 Å². The predicted octanol–water partition coefficient (Wildman–Crippen LogP) is 11.8. The zero-order valence-electron chi connectivity index (χ0n) is 32.4. The van der Waals surface area contributed by atoms with Crippen LogP contribution in [-0.4, -0.2) is 31.4 Å². The predicted molar refractivity (Wildman–Crippen MR) is 217 cm³/mol. The van der Waals surface area contributed by atoms with Crippen molar-refractivity contribution >= 4 is 17.1 Å². The first-order valence-corrected chi connectivity index (χ1v) is 19.6. The van der Waals surface area contributed by atoms with Gasteiger partial charge in [0.25, 0.3) is 5.69 Å². The Labute approximate surface area is 324 Å². The fourth-order valence-electron chi connectivity index (χ4n) is 6.93. The second kappa shape index (κ2) is 19.1. The van der Waals surface area contributed by atoms with Crippen LogP contribution in [0.3, 0.4) is 0 Å². The monoisotopic (exact) mass is 741 g/mol. The number of nitrogens with zero attached hydrogens (tertiary/aromatic N) is 3. The van der Waals surface area contributed by atoms with E-state index in [0.717, 1.165) is 93.2 Å². The number of hydrogen-bond donors (Lipinski definition) is 0. The number of fused-ring (bicyclic) bond motifs is 8. The van der Waals surface area contributed by atoms with Gasteiger partial charge in [0, 0.05) is 43.4 Å². The number of nitro groups is 1. The number of hydrogen-bond acceptors (Lipinski definition) is 8. The molecule has 1 aliphatic carbocycles. The Morgan fingerprint density at radius 1 is 0.491 bits per heavy atom. The molecule has 0 radical (unpaired) electrons. The molecule has 6 rings (SSSR count). The van der Waals surface area contributed by atoms with Crippen molar-refractivity contribution in [3.63, 3.8) is 0 Å². The lowest BCUT2D eigenvalue weighted by atomic mass is 9.91. The Bertz CT molecular complexity index is 2110. The second-order valence-corrected chi connectivity index (χ2v) is 13.8. The Morgan fingerprint density at radius 3 is 1.27 bits per heavy atom. The van der Waals surface area contributed by atoms with Gasteiger partial charge in [-0.15, -0.1) is 0 Å². The van der Waals surface area contributed by atoms with Crippen molar-refractivity contribution in [2.75, 3.05) is 26.4 Å². The van der Waals surface area contributed by atoms with Gasteiger partial charge in [0.05, 0.1) is 42.7 Å². The molecule has 9 heteroatoms. The zero-order chi connectivity index (χ0) is 38.6. The van der Waals surface area contributed by atoms with E-state index in [4.69, 9.17) is 24.1 Å².